The smallest absolute Gasteiger partial charge is 0.236 e. The number of hydrogen-bond acceptors (Lipinski definition) is 4. The maximum Gasteiger partial charge on any atom is 0.236 e. The number of hydrogen-bond donors (Lipinski definition) is 0. The van der Waals surface area contributed by atoms with Gasteiger partial charge in [0.15, 0.2) is 0 Å². The monoisotopic (exact) mass is 333 g/mol. The summed E-state index contributed by atoms with van der Waals surface area (Å²) in [5.74, 6) is 1.36. The van der Waals surface area contributed by atoms with Crippen LogP contribution in [0.5, 0.6) is 0 Å². The molecule has 24 heavy (non-hydrogen) atoms. The van der Waals surface area contributed by atoms with Crippen LogP contribution >= 0.6 is 0 Å². The molecule has 0 N–H and O–H groups in total. The van der Waals surface area contributed by atoms with Crippen molar-refractivity contribution in [2.24, 2.45) is 5.92 Å². The lowest BCUT2D eigenvalue weighted by atomic mass is 9.95. The van der Waals surface area contributed by atoms with Crippen LogP contribution in [0.25, 0.3) is 0 Å². The van der Waals surface area contributed by atoms with Gasteiger partial charge in [-0.3, -0.25) is 14.5 Å². The third-order valence-electron chi connectivity index (χ3n) is 5.11. The maximum atomic E-state index is 12.4. The molecule has 0 saturated carbocycles. The van der Waals surface area contributed by atoms with Gasteiger partial charge in [0.2, 0.25) is 11.8 Å². The van der Waals surface area contributed by atoms with E-state index >= 15 is 0 Å². The normalized spacial score (nSPS) is 19.6. The predicted molar refractivity (Wildman–Crippen MR) is 90.2 cm³/mol. The van der Waals surface area contributed by atoms with Crippen LogP contribution in [0, 0.1) is 5.92 Å². The van der Waals surface area contributed by atoms with E-state index in [2.05, 4.69) is 4.90 Å². The molecule has 0 unspecified atom stereocenters. The van der Waals surface area contributed by atoms with Crippen molar-refractivity contribution in [1.29, 1.82) is 0 Å². The average Bonchev–Trinajstić information content (AvgIpc) is 3.28. The van der Waals surface area contributed by atoms with Gasteiger partial charge in [0.1, 0.15) is 5.76 Å². The molecule has 1 aromatic heterocycles. The van der Waals surface area contributed by atoms with Gasteiger partial charge in [-0.2, -0.15) is 0 Å². The summed E-state index contributed by atoms with van der Waals surface area (Å²) in [7, 11) is 1.80. The molecule has 6 heteroatoms. The Balaban J connectivity index is 1.41. The highest BCUT2D eigenvalue weighted by molar-refractivity contribution is 5.79. The van der Waals surface area contributed by atoms with Crippen LogP contribution in [0.2, 0.25) is 0 Å². The average molecular weight is 333 g/mol. The molecule has 2 saturated heterocycles. The number of rotatable bonds is 5. The van der Waals surface area contributed by atoms with E-state index in [4.69, 9.17) is 4.42 Å². The number of amides is 2. The third-order valence-corrected chi connectivity index (χ3v) is 5.11. The molecular weight excluding hydrogens is 306 g/mol. The summed E-state index contributed by atoms with van der Waals surface area (Å²) in [6, 6.07) is 3.70. The molecule has 1 aromatic rings. The van der Waals surface area contributed by atoms with Crippen LogP contribution in [0.15, 0.2) is 22.8 Å². The van der Waals surface area contributed by atoms with Crippen molar-refractivity contribution in [3.8, 4) is 0 Å². The van der Waals surface area contributed by atoms with Gasteiger partial charge in [0, 0.05) is 26.1 Å². The molecule has 3 rings (SSSR count). The fourth-order valence-electron chi connectivity index (χ4n) is 3.57. The van der Waals surface area contributed by atoms with Crippen LogP contribution in [-0.2, 0) is 16.1 Å². The maximum absolute atomic E-state index is 12.4. The molecule has 0 aliphatic carbocycles. The molecule has 3 heterocycles. The molecule has 0 aromatic carbocycles. The Kier molecular flexibility index (Phi) is 5.56. The molecule has 2 aliphatic heterocycles. The molecule has 0 bridgehead atoms. The summed E-state index contributed by atoms with van der Waals surface area (Å²) in [5, 5.41) is 0. The second-order valence-electron chi connectivity index (χ2n) is 6.91. The number of likely N-dealkylation sites (N-methyl/N-ethyl adjacent to an activating group) is 1. The Labute approximate surface area is 143 Å². The SMILES string of the molecule is CN(Cc1ccco1)C(=O)CN1CCC(C(=O)N2CCCC2)CC1. The lowest BCUT2D eigenvalue weighted by Crippen LogP contribution is -2.45. The fraction of sp³-hybridized carbons (Fsp3) is 0.667. The second-order valence-corrected chi connectivity index (χ2v) is 6.91. The van der Waals surface area contributed by atoms with E-state index in [-0.39, 0.29) is 11.8 Å². The van der Waals surface area contributed by atoms with Gasteiger partial charge in [-0.1, -0.05) is 0 Å². The minimum Gasteiger partial charge on any atom is -0.467 e. The number of furan rings is 1. The van der Waals surface area contributed by atoms with Crippen LogP contribution in [0.1, 0.15) is 31.4 Å². The Morgan fingerprint density at radius 2 is 1.92 bits per heavy atom. The first-order valence-electron chi connectivity index (χ1n) is 8.91. The van der Waals surface area contributed by atoms with Crippen molar-refractivity contribution in [3.05, 3.63) is 24.2 Å². The van der Waals surface area contributed by atoms with E-state index in [9.17, 15) is 9.59 Å². The number of carbonyl (C=O) groups is 2. The molecule has 2 aliphatic rings. The van der Waals surface area contributed by atoms with Crippen molar-refractivity contribution in [1.82, 2.24) is 14.7 Å². The Hall–Kier alpha value is -1.82. The molecule has 2 fully saturated rings. The summed E-state index contributed by atoms with van der Waals surface area (Å²) >= 11 is 0. The quantitative estimate of drug-likeness (QED) is 0.821. The Morgan fingerprint density at radius 1 is 1.21 bits per heavy atom. The number of carbonyl (C=O) groups excluding carboxylic acids is 2. The first-order chi connectivity index (χ1) is 11.6. The molecular formula is C18H27N3O3. The van der Waals surface area contributed by atoms with E-state index in [0.29, 0.717) is 19.0 Å². The molecule has 0 radical (unpaired) electrons. The van der Waals surface area contributed by atoms with Crippen LogP contribution in [0.4, 0.5) is 0 Å². The summed E-state index contributed by atoms with van der Waals surface area (Å²) in [6.45, 7) is 4.41. The van der Waals surface area contributed by atoms with Gasteiger partial charge in [-0.25, -0.2) is 0 Å². The zero-order chi connectivity index (χ0) is 16.9. The molecule has 0 spiro atoms. The van der Waals surface area contributed by atoms with E-state index in [0.717, 1.165) is 57.6 Å². The van der Waals surface area contributed by atoms with E-state index in [1.807, 2.05) is 17.0 Å². The van der Waals surface area contributed by atoms with Crippen molar-refractivity contribution in [2.75, 3.05) is 39.8 Å². The Morgan fingerprint density at radius 3 is 2.54 bits per heavy atom. The molecule has 0 atom stereocenters. The van der Waals surface area contributed by atoms with Crippen molar-refractivity contribution in [3.63, 3.8) is 0 Å². The van der Waals surface area contributed by atoms with E-state index < -0.39 is 0 Å². The van der Waals surface area contributed by atoms with Crippen LogP contribution in [0.3, 0.4) is 0 Å². The summed E-state index contributed by atoms with van der Waals surface area (Å²) in [6.07, 6.45) is 5.63. The summed E-state index contributed by atoms with van der Waals surface area (Å²) in [5.41, 5.74) is 0. The van der Waals surface area contributed by atoms with Gasteiger partial charge < -0.3 is 14.2 Å². The second kappa shape index (κ2) is 7.83. The van der Waals surface area contributed by atoms with Crippen LogP contribution < -0.4 is 0 Å². The number of nitrogens with zero attached hydrogens (tertiary/aromatic N) is 3. The number of likely N-dealkylation sites (tertiary alicyclic amines) is 2. The number of piperidine rings is 1. The van der Waals surface area contributed by atoms with Gasteiger partial charge in [0.25, 0.3) is 0 Å². The highest BCUT2D eigenvalue weighted by atomic mass is 16.3. The van der Waals surface area contributed by atoms with Crippen molar-refractivity contribution < 1.29 is 14.0 Å². The Bertz CT molecular complexity index is 544. The molecule has 132 valence electrons. The minimum absolute atomic E-state index is 0.0933. The van der Waals surface area contributed by atoms with Gasteiger partial charge in [0.05, 0.1) is 19.4 Å². The third kappa shape index (κ3) is 4.17. The predicted octanol–water partition coefficient (Wildman–Crippen LogP) is 1.57. The summed E-state index contributed by atoms with van der Waals surface area (Å²) < 4.78 is 5.28. The topological polar surface area (TPSA) is 57.0 Å². The first-order valence-corrected chi connectivity index (χ1v) is 8.91. The van der Waals surface area contributed by atoms with Gasteiger partial charge in [-0.05, 0) is 50.9 Å². The van der Waals surface area contributed by atoms with Gasteiger partial charge >= 0.3 is 0 Å². The van der Waals surface area contributed by atoms with Crippen molar-refractivity contribution in [2.45, 2.75) is 32.2 Å². The first kappa shape index (κ1) is 17.0. The van der Waals surface area contributed by atoms with E-state index in [1.165, 1.54) is 0 Å². The lowest BCUT2D eigenvalue weighted by molar-refractivity contribution is -0.136. The standard InChI is InChI=1S/C18H27N3O3/c1-19(13-16-5-4-12-24-16)17(22)14-20-10-6-15(7-11-20)18(23)21-8-2-3-9-21/h4-5,12,15H,2-3,6-11,13-14H2,1H3. The van der Waals surface area contributed by atoms with E-state index in [1.54, 1.807) is 18.2 Å². The minimum atomic E-state index is 0.0933. The highest BCUT2D eigenvalue weighted by Crippen LogP contribution is 2.22. The van der Waals surface area contributed by atoms with Crippen LogP contribution in [-0.4, -0.2) is 66.3 Å². The largest absolute Gasteiger partial charge is 0.467 e. The fourth-order valence-corrected chi connectivity index (χ4v) is 3.57. The highest BCUT2D eigenvalue weighted by Gasteiger charge is 2.30. The zero-order valence-corrected chi connectivity index (χ0v) is 14.4. The van der Waals surface area contributed by atoms with Crippen molar-refractivity contribution >= 4 is 11.8 Å². The summed E-state index contributed by atoms with van der Waals surface area (Å²) in [4.78, 5) is 30.6. The van der Waals surface area contributed by atoms with Gasteiger partial charge in [-0.15, -0.1) is 0 Å². The zero-order valence-electron chi connectivity index (χ0n) is 14.4. The molecule has 6 nitrogen and oxygen atoms in total. The lowest BCUT2D eigenvalue weighted by Gasteiger charge is -2.33. The molecule has 2 amide bonds.